The van der Waals surface area contributed by atoms with Crippen LogP contribution in [0, 0.1) is 17.1 Å². The SMILES string of the molecule is N#Cc1cccc(C(=O)Nc2ccc(F)c(S(=O)(=O)N3CCOCC3)c2)c1. The molecule has 2 aromatic carbocycles. The number of carbonyl (C=O) groups is 1. The molecule has 140 valence electrons. The van der Waals surface area contributed by atoms with Gasteiger partial charge in [0.05, 0.1) is 24.8 Å². The fourth-order valence-corrected chi connectivity index (χ4v) is 4.14. The molecule has 0 atom stereocenters. The summed E-state index contributed by atoms with van der Waals surface area (Å²) >= 11 is 0. The second-order valence-electron chi connectivity index (χ2n) is 5.81. The molecule has 1 fully saturated rings. The lowest BCUT2D eigenvalue weighted by molar-refractivity contribution is 0.0729. The normalized spacial score (nSPS) is 15.1. The van der Waals surface area contributed by atoms with Crippen LogP contribution >= 0.6 is 0 Å². The average molecular weight is 389 g/mol. The van der Waals surface area contributed by atoms with Gasteiger partial charge in [-0.05, 0) is 36.4 Å². The van der Waals surface area contributed by atoms with E-state index < -0.39 is 26.6 Å². The number of nitrogens with zero attached hydrogens (tertiary/aromatic N) is 2. The predicted octanol–water partition coefficient (Wildman–Crippen LogP) is 1.97. The lowest BCUT2D eigenvalue weighted by Gasteiger charge is -2.26. The van der Waals surface area contributed by atoms with Crippen LogP contribution in [-0.4, -0.2) is 44.9 Å². The fraction of sp³-hybridized carbons (Fsp3) is 0.222. The van der Waals surface area contributed by atoms with E-state index in [0.29, 0.717) is 5.56 Å². The van der Waals surface area contributed by atoms with Gasteiger partial charge in [-0.15, -0.1) is 0 Å². The van der Waals surface area contributed by atoms with Crippen LogP contribution in [0.1, 0.15) is 15.9 Å². The Morgan fingerprint density at radius 3 is 2.63 bits per heavy atom. The molecule has 9 heteroatoms. The van der Waals surface area contributed by atoms with Gasteiger partial charge in [0.15, 0.2) is 0 Å². The molecule has 1 heterocycles. The first kappa shape index (κ1) is 19.0. The van der Waals surface area contributed by atoms with Crippen LogP contribution in [0.15, 0.2) is 47.4 Å². The van der Waals surface area contributed by atoms with Crippen molar-refractivity contribution in [1.29, 1.82) is 5.26 Å². The van der Waals surface area contributed by atoms with Gasteiger partial charge in [-0.2, -0.15) is 9.57 Å². The highest BCUT2D eigenvalue weighted by Crippen LogP contribution is 2.24. The molecular formula is C18H16FN3O4S. The molecule has 0 radical (unpaired) electrons. The lowest BCUT2D eigenvalue weighted by atomic mass is 10.1. The van der Waals surface area contributed by atoms with Gasteiger partial charge in [0, 0.05) is 24.3 Å². The van der Waals surface area contributed by atoms with E-state index in [0.717, 1.165) is 16.4 Å². The Labute approximate surface area is 156 Å². The van der Waals surface area contributed by atoms with Crippen LogP contribution in [0.25, 0.3) is 0 Å². The minimum Gasteiger partial charge on any atom is -0.379 e. The summed E-state index contributed by atoms with van der Waals surface area (Å²) in [5, 5.41) is 11.4. The van der Waals surface area contributed by atoms with Gasteiger partial charge in [0.1, 0.15) is 10.7 Å². The molecule has 0 saturated carbocycles. The number of carbonyl (C=O) groups excluding carboxylic acids is 1. The Morgan fingerprint density at radius 1 is 1.19 bits per heavy atom. The molecule has 0 aliphatic carbocycles. The number of nitriles is 1. The zero-order chi connectivity index (χ0) is 19.4. The summed E-state index contributed by atoms with van der Waals surface area (Å²) in [5.41, 5.74) is 0.684. The maximum atomic E-state index is 14.2. The highest BCUT2D eigenvalue weighted by molar-refractivity contribution is 7.89. The molecule has 3 rings (SSSR count). The number of halogens is 1. The van der Waals surface area contributed by atoms with Crippen LogP contribution in [0.2, 0.25) is 0 Å². The second kappa shape index (κ2) is 7.84. The molecule has 0 aromatic heterocycles. The average Bonchev–Trinajstić information content (AvgIpc) is 2.70. The van der Waals surface area contributed by atoms with E-state index >= 15 is 0 Å². The van der Waals surface area contributed by atoms with Crippen LogP contribution in [0.5, 0.6) is 0 Å². The van der Waals surface area contributed by atoms with Crippen molar-refractivity contribution in [1.82, 2.24) is 4.31 Å². The van der Waals surface area contributed by atoms with Gasteiger partial charge < -0.3 is 10.1 Å². The lowest BCUT2D eigenvalue weighted by Crippen LogP contribution is -2.40. The summed E-state index contributed by atoms with van der Waals surface area (Å²) in [6, 6.07) is 11.3. The molecule has 27 heavy (non-hydrogen) atoms. The Kier molecular flexibility index (Phi) is 5.51. The molecule has 1 N–H and O–H groups in total. The minimum atomic E-state index is -4.04. The monoisotopic (exact) mass is 389 g/mol. The summed E-state index contributed by atoms with van der Waals surface area (Å²) in [7, 11) is -4.04. The standard InChI is InChI=1S/C18H16FN3O4S/c19-16-5-4-15(21-18(23)14-3-1-2-13(10-14)12-20)11-17(16)27(24,25)22-6-8-26-9-7-22/h1-5,10-11H,6-9H2,(H,21,23). The molecule has 1 saturated heterocycles. The quantitative estimate of drug-likeness (QED) is 0.862. The first-order valence-electron chi connectivity index (χ1n) is 8.11. The Hall–Kier alpha value is -2.80. The van der Waals surface area contributed by atoms with E-state index in [4.69, 9.17) is 10.00 Å². The fourth-order valence-electron chi connectivity index (χ4n) is 2.64. The molecule has 2 aromatic rings. The highest BCUT2D eigenvalue weighted by Gasteiger charge is 2.29. The van der Waals surface area contributed by atoms with Crippen molar-refractivity contribution in [2.24, 2.45) is 0 Å². The molecule has 1 amide bonds. The first-order valence-corrected chi connectivity index (χ1v) is 9.55. The summed E-state index contributed by atoms with van der Waals surface area (Å²) in [4.78, 5) is 11.8. The first-order chi connectivity index (χ1) is 12.9. The third kappa shape index (κ3) is 4.14. The predicted molar refractivity (Wildman–Crippen MR) is 95.1 cm³/mol. The zero-order valence-electron chi connectivity index (χ0n) is 14.2. The molecular weight excluding hydrogens is 373 g/mol. The molecule has 0 bridgehead atoms. The van der Waals surface area contributed by atoms with Crippen LogP contribution in [0.4, 0.5) is 10.1 Å². The van der Waals surface area contributed by atoms with Gasteiger partial charge in [-0.1, -0.05) is 6.07 Å². The van der Waals surface area contributed by atoms with E-state index in [1.165, 1.54) is 18.2 Å². The maximum absolute atomic E-state index is 14.2. The largest absolute Gasteiger partial charge is 0.379 e. The van der Waals surface area contributed by atoms with Crippen molar-refractivity contribution in [2.75, 3.05) is 31.6 Å². The Balaban J connectivity index is 1.87. The van der Waals surface area contributed by atoms with Gasteiger partial charge in [-0.25, -0.2) is 12.8 Å². The highest BCUT2D eigenvalue weighted by atomic mass is 32.2. The number of morpholine rings is 1. The third-order valence-electron chi connectivity index (χ3n) is 4.03. The second-order valence-corrected chi connectivity index (χ2v) is 7.71. The number of anilines is 1. The molecule has 7 nitrogen and oxygen atoms in total. The van der Waals surface area contributed by atoms with Crippen molar-refractivity contribution in [3.05, 3.63) is 59.4 Å². The van der Waals surface area contributed by atoms with Gasteiger partial charge in [0.25, 0.3) is 5.91 Å². The number of rotatable bonds is 4. The van der Waals surface area contributed by atoms with E-state index in [1.54, 1.807) is 12.1 Å². The van der Waals surface area contributed by atoms with Gasteiger partial charge in [-0.3, -0.25) is 4.79 Å². The number of nitrogens with one attached hydrogen (secondary N) is 1. The number of sulfonamides is 1. The van der Waals surface area contributed by atoms with E-state index in [1.807, 2.05) is 6.07 Å². The van der Waals surface area contributed by atoms with E-state index in [2.05, 4.69) is 5.32 Å². The summed E-state index contributed by atoms with van der Waals surface area (Å²) < 4.78 is 45.8. The molecule has 0 spiro atoms. The van der Waals surface area contributed by atoms with Crippen LogP contribution < -0.4 is 5.32 Å². The number of hydrogen-bond acceptors (Lipinski definition) is 5. The Morgan fingerprint density at radius 2 is 1.93 bits per heavy atom. The minimum absolute atomic E-state index is 0.135. The summed E-state index contributed by atoms with van der Waals surface area (Å²) in [6.45, 7) is 0.762. The summed E-state index contributed by atoms with van der Waals surface area (Å²) in [5.74, 6) is -1.43. The van der Waals surface area contributed by atoms with Crippen molar-refractivity contribution < 1.29 is 22.3 Å². The van der Waals surface area contributed by atoms with Crippen molar-refractivity contribution in [3.8, 4) is 6.07 Å². The van der Waals surface area contributed by atoms with Gasteiger partial charge >= 0.3 is 0 Å². The number of ether oxygens (including phenoxy) is 1. The Bertz CT molecular complexity index is 1010. The number of amides is 1. The van der Waals surface area contributed by atoms with Gasteiger partial charge in [0.2, 0.25) is 10.0 Å². The molecule has 1 aliphatic heterocycles. The van der Waals surface area contributed by atoms with Crippen LogP contribution in [0.3, 0.4) is 0 Å². The smallest absolute Gasteiger partial charge is 0.255 e. The molecule has 1 aliphatic rings. The number of hydrogen-bond donors (Lipinski definition) is 1. The zero-order valence-corrected chi connectivity index (χ0v) is 15.0. The third-order valence-corrected chi connectivity index (χ3v) is 5.94. The van der Waals surface area contributed by atoms with E-state index in [-0.39, 0.29) is 37.6 Å². The van der Waals surface area contributed by atoms with Crippen molar-refractivity contribution in [3.63, 3.8) is 0 Å². The summed E-state index contributed by atoms with van der Waals surface area (Å²) in [6.07, 6.45) is 0. The number of benzene rings is 2. The van der Waals surface area contributed by atoms with Crippen molar-refractivity contribution in [2.45, 2.75) is 4.90 Å². The topological polar surface area (TPSA) is 99.5 Å². The van der Waals surface area contributed by atoms with Crippen LogP contribution in [-0.2, 0) is 14.8 Å². The van der Waals surface area contributed by atoms with Crippen molar-refractivity contribution >= 4 is 21.6 Å². The maximum Gasteiger partial charge on any atom is 0.255 e. The molecule has 0 unspecified atom stereocenters. The van der Waals surface area contributed by atoms with E-state index in [9.17, 15) is 17.6 Å².